The maximum absolute atomic E-state index is 11.8. The van der Waals surface area contributed by atoms with Crippen molar-refractivity contribution in [3.63, 3.8) is 0 Å². The zero-order valence-corrected chi connectivity index (χ0v) is 9.62. The predicted octanol–water partition coefficient (Wildman–Crippen LogP) is 3.01. The summed E-state index contributed by atoms with van der Waals surface area (Å²) in [7, 11) is 0. The lowest BCUT2D eigenvalue weighted by Gasteiger charge is -2.03. The van der Waals surface area contributed by atoms with Crippen molar-refractivity contribution in [2.24, 2.45) is 5.73 Å². The van der Waals surface area contributed by atoms with Gasteiger partial charge in [-0.15, -0.1) is 0 Å². The van der Waals surface area contributed by atoms with Gasteiger partial charge < -0.3 is 10.2 Å². The number of carbonyl (C=O) groups excluding carboxylic acids is 1. The number of hydrogen-bond donors (Lipinski definition) is 1. The molecular weight excluding hydrogens is 226 g/mol. The van der Waals surface area contributed by atoms with Crippen molar-refractivity contribution in [2.75, 3.05) is 0 Å². The van der Waals surface area contributed by atoms with Gasteiger partial charge in [0.2, 0.25) is 5.78 Å². The van der Waals surface area contributed by atoms with Crippen LogP contribution < -0.4 is 5.73 Å². The van der Waals surface area contributed by atoms with Gasteiger partial charge in [0.05, 0.1) is 11.1 Å². The topological polar surface area (TPSA) is 56.2 Å². The Morgan fingerprint density at radius 1 is 1.56 bits per heavy atom. The molecule has 1 aromatic carbocycles. The van der Waals surface area contributed by atoms with E-state index in [4.69, 9.17) is 21.8 Å². The summed E-state index contributed by atoms with van der Waals surface area (Å²) in [6.07, 6.45) is 0.587. The van der Waals surface area contributed by atoms with Gasteiger partial charge in [-0.3, -0.25) is 4.79 Å². The summed E-state index contributed by atoms with van der Waals surface area (Å²) in [6.45, 7) is 1.86. The van der Waals surface area contributed by atoms with Crippen molar-refractivity contribution < 1.29 is 9.21 Å². The number of para-hydroxylation sites is 1. The molecule has 0 aliphatic heterocycles. The van der Waals surface area contributed by atoms with E-state index in [9.17, 15) is 4.79 Å². The summed E-state index contributed by atoms with van der Waals surface area (Å²) in [5.74, 6) is 0.0900. The van der Waals surface area contributed by atoms with E-state index in [1.165, 1.54) is 0 Å². The molecule has 0 spiro atoms. The normalized spacial score (nSPS) is 12.9. The third-order valence-corrected chi connectivity index (χ3v) is 2.81. The Labute approximate surface area is 98.2 Å². The van der Waals surface area contributed by atoms with Crippen molar-refractivity contribution in [1.29, 1.82) is 0 Å². The van der Waals surface area contributed by atoms with Crippen LogP contribution in [0.2, 0.25) is 5.02 Å². The molecule has 0 fully saturated rings. The molecule has 1 unspecified atom stereocenters. The molecule has 1 heterocycles. The predicted molar refractivity (Wildman–Crippen MR) is 63.8 cm³/mol. The van der Waals surface area contributed by atoms with E-state index < -0.39 is 6.04 Å². The van der Waals surface area contributed by atoms with E-state index in [-0.39, 0.29) is 11.5 Å². The average molecular weight is 238 g/mol. The molecule has 2 N–H and O–H groups in total. The SMILES string of the molecule is CCC(N)C(=O)c1cc2cccc(Cl)c2o1. The Morgan fingerprint density at radius 2 is 2.31 bits per heavy atom. The molecule has 2 aromatic rings. The number of halogens is 1. The number of fused-ring (bicyclic) bond motifs is 1. The van der Waals surface area contributed by atoms with Crippen LogP contribution in [0.5, 0.6) is 0 Å². The van der Waals surface area contributed by atoms with E-state index in [0.29, 0.717) is 17.0 Å². The first-order valence-electron chi connectivity index (χ1n) is 5.11. The Morgan fingerprint density at radius 3 is 2.94 bits per heavy atom. The van der Waals surface area contributed by atoms with Crippen molar-refractivity contribution >= 4 is 28.4 Å². The molecule has 0 saturated carbocycles. The first-order chi connectivity index (χ1) is 7.63. The second kappa shape index (κ2) is 4.28. The molecule has 0 bridgehead atoms. The second-order valence-corrected chi connectivity index (χ2v) is 4.06. The van der Waals surface area contributed by atoms with Crippen LogP contribution in [0.1, 0.15) is 23.9 Å². The van der Waals surface area contributed by atoms with E-state index in [1.54, 1.807) is 12.1 Å². The van der Waals surface area contributed by atoms with Crippen LogP contribution >= 0.6 is 11.6 Å². The van der Waals surface area contributed by atoms with Crippen molar-refractivity contribution in [2.45, 2.75) is 19.4 Å². The first kappa shape index (κ1) is 11.2. The highest BCUT2D eigenvalue weighted by Gasteiger charge is 2.18. The fourth-order valence-corrected chi connectivity index (χ4v) is 1.74. The number of benzene rings is 1. The lowest BCUT2D eigenvalue weighted by molar-refractivity contribution is 0.0934. The number of Topliss-reactive ketones (excluding diaryl/α,β-unsaturated/α-hetero) is 1. The number of nitrogens with two attached hydrogens (primary N) is 1. The standard InChI is InChI=1S/C12H12ClNO2/c1-2-9(14)11(15)10-6-7-4-3-5-8(13)12(7)16-10/h3-6,9H,2,14H2,1H3. The monoisotopic (exact) mass is 237 g/mol. The number of rotatable bonds is 3. The minimum atomic E-state index is -0.515. The van der Waals surface area contributed by atoms with E-state index >= 15 is 0 Å². The fourth-order valence-electron chi connectivity index (χ4n) is 1.52. The zero-order chi connectivity index (χ0) is 11.7. The maximum Gasteiger partial charge on any atom is 0.214 e. The largest absolute Gasteiger partial charge is 0.451 e. The number of carbonyl (C=O) groups is 1. The minimum absolute atomic E-state index is 0.185. The van der Waals surface area contributed by atoms with Gasteiger partial charge in [-0.2, -0.15) is 0 Å². The van der Waals surface area contributed by atoms with Crippen LogP contribution in [-0.4, -0.2) is 11.8 Å². The Hall–Kier alpha value is -1.32. The summed E-state index contributed by atoms with van der Waals surface area (Å²) in [6, 6.07) is 6.55. The maximum atomic E-state index is 11.8. The molecule has 0 aliphatic rings. The fraction of sp³-hybridized carbons (Fsp3) is 0.250. The highest BCUT2D eigenvalue weighted by atomic mass is 35.5. The van der Waals surface area contributed by atoms with Crippen LogP contribution in [0.15, 0.2) is 28.7 Å². The smallest absolute Gasteiger partial charge is 0.214 e. The van der Waals surface area contributed by atoms with E-state index in [1.807, 2.05) is 19.1 Å². The van der Waals surface area contributed by atoms with Crippen molar-refractivity contribution in [1.82, 2.24) is 0 Å². The molecule has 0 saturated heterocycles. The Bertz CT molecular complexity index is 533. The number of ketones is 1. The summed E-state index contributed by atoms with van der Waals surface area (Å²) in [5, 5.41) is 1.32. The summed E-state index contributed by atoms with van der Waals surface area (Å²) in [4.78, 5) is 11.8. The van der Waals surface area contributed by atoms with Crippen molar-refractivity contribution in [3.8, 4) is 0 Å². The van der Waals surface area contributed by atoms with Gasteiger partial charge in [-0.25, -0.2) is 0 Å². The van der Waals surface area contributed by atoms with Crippen LogP contribution in [0.25, 0.3) is 11.0 Å². The van der Waals surface area contributed by atoms with Crippen LogP contribution in [-0.2, 0) is 0 Å². The Kier molecular flexibility index (Phi) is 2.99. The molecule has 0 amide bonds. The van der Waals surface area contributed by atoms with Gasteiger partial charge in [-0.05, 0) is 18.6 Å². The molecule has 84 valence electrons. The van der Waals surface area contributed by atoms with E-state index in [2.05, 4.69) is 0 Å². The lowest BCUT2D eigenvalue weighted by Crippen LogP contribution is -2.29. The number of furan rings is 1. The van der Waals surface area contributed by atoms with Crippen molar-refractivity contribution in [3.05, 3.63) is 35.0 Å². The molecule has 1 atom stereocenters. The molecule has 16 heavy (non-hydrogen) atoms. The van der Waals surface area contributed by atoms with Gasteiger partial charge in [0.15, 0.2) is 11.3 Å². The van der Waals surface area contributed by atoms with Gasteiger partial charge in [0.25, 0.3) is 0 Å². The van der Waals surface area contributed by atoms with Crippen LogP contribution in [0.4, 0.5) is 0 Å². The quantitative estimate of drug-likeness (QED) is 0.835. The minimum Gasteiger partial charge on any atom is -0.451 e. The summed E-state index contributed by atoms with van der Waals surface area (Å²) in [5.41, 5.74) is 6.20. The average Bonchev–Trinajstić information content (AvgIpc) is 2.72. The van der Waals surface area contributed by atoms with Gasteiger partial charge in [0.1, 0.15) is 0 Å². The molecule has 3 nitrogen and oxygen atoms in total. The zero-order valence-electron chi connectivity index (χ0n) is 8.87. The number of hydrogen-bond acceptors (Lipinski definition) is 3. The molecule has 0 aliphatic carbocycles. The molecule has 1 aromatic heterocycles. The second-order valence-electron chi connectivity index (χ2n) is 3.65. The third-order valence-electron chi connectivity index (χ3n) is 2.52. The van der Waals surface area contributed by atoms with Crippen LogP contribution in [0.3, 0.4) is 0 Å². The van der Waals surface area contributed by atoms with Crippen LogP contribution in [0, 0.1) is 0 Å². The third kappa shape index (κ3) is 1.84. The molecule has 4 heteroatoms. The van der Waals surface area contributed by atoms with Gasteiger partial charge in [-0.1, -0.05) is 30.7 Å². The Balaban J connectivity index is 2.48. The molecule has 0 radical (unpaired) electrons. The molecule has 2 rings (SSSR count). The lowest BCUT2D eigenvalue weighted by atomic mass is 10.1. The van der Waals surface area contributed by atoms with Gasteiger partial charge >= 0.3 is 0 Å². The summed E-state index contributed by atoms with van der Waals surface area (Å²) < 4.78 is 5.42. The first-order valence-corrected chi connectivity index (χ1v) is 5.49. The highest BCUT2D eigenvalue weighted by Crippen LogP contribution is 2.27. The van der Waals surface area contributed by atoms with Gasteiger partial charge in [0, 0.05) is 5.39 Å². The highest BCUT2D eigenvalue weighted by molar-refractivity contribution is 6.34. The van der Waals surface area contributed by atoms with E-state index in [0.717, 1.165) is 5.39 Å². The summed E-state index contributed by atoms with van der Waals surface area (Å²) >= 11 is 5.95. The molecular formula is C12H12ClNO2.